The van der Waals surface area contributed by atoms with Gasteiger partial charge in [0, 0.05) is 5.88 Å². The maximum Gasteiger partial charge on any atom is 0.129 e. The molecule has 0 bridgehead atoms. The van der Waals surface area contributed by atoms with Crippen LogP contribution >= 0.6 is 11.6 Å². The lowest BCUT2D eigenvalue weighted by Crippen LogP contribution is -2.70. The highest BCUT2D eigenvalue weighted by molar-refractivity contribution is 6.93. The summed E-state index contributed by atoms with van der Waals surface area (Å²) in [7, 11) is -2.96. The van der Waals surface area contributed by atoms with Crippen molar-refractivity contribution >= 4 is 28.1 Å². The monoisotopic (exact) mass is 321 g/mol. The van der Waals surface area contributed by atoms with Gasteiger partial charge in [-0.25, -0.2) is 0 Å². The molecule has 0 radical (unpaired) electrons. The summed E-state index contributed by atoms with van der Waals surface area (Å²) < 4.78 is 2.95. The van der Waals surface area contributed by atoms with Gasteiger partial charge in [-0.15, -0.1) is 11.6 Å². The Hall–Kier alpha value is 0.684. The molecule has 116 valence electrons. The van der Waals surface area contributed by atoms with Gasteiger partial charge in [-0.2, -0.15) is 0 Å². The van der Waals surface area contributed by atoms with E-state index in [-0.39, 0.29) is 0 Å². The molecule has 0 atom stereocenters. The number of alkyl halides is 1. The van der Waals surface area contributed by atoms with Crippen molar-refractivity contribution in [2.45, 2.75) is 84.2 Å². The van der Waals surface area contributed by atoms with Crippen LogP contribution in [0.5, 0.6) is 0 Å². The highest BCUT2D eigenvalue weighted by Gasteiger charge is 2.55. The molecule has 0 N–H and O–H groups in total. The predicted molar refractivity (Wildman–Crippen MR) is 96.4 cm³/mol. The van der Waals surface area contributed by atoms with Gasteiger partial charge in [0.15, 0.2) is 0 Å². The van der Waals surface area contributed by atoms with E-state index in [1.54, 1.807) is 0 Å². The van der Waals surface area contributed by atoms with Crippen LogP contribution in [0, 0.1) is 0 Å². The van der Waals surface area contributed by atoms with Crippen LogP contribution in [0.4, 0.5) is 0 Å². The van der Waals surface area contributed by atoms with Crippen molar-refractivity contribution in [2.24, 2.45) is 0 Å². The van der Waals surface area contributed by atoms with E-state index in [2.05, 4.69) is 72.0 Å². The Bertz CT molecular complexity index is 270. The smallest absolute Gasteiger partial charge is 0.129 e. The first-order valence-electron chi connectivity index (χ1n) is 7.53. The fourth-order valence-electron chi connectivity index (χ4n) is 3.38. The van der Waals surface area contributed by atoms with E-state index in [1.807, 2.05) is 0 Å². The minimum atomic E-state index is -1.62. The molecule has 4 heteroatoms. The van der Waals surface area contributed by atoms with Gasteiger partial charge < -0.3 is 4.23 Å². The summed E-state index contributed by atoms with van der Waals surface area (Å²) in [5.74, 6) is 0.778. The van der Waals surface area contributed by atoms with E-state index >= 15 is 0 Å². The molecule has 0 fully saturated rings. The Morgan fingerprint density at radius 1 is 0.842 bits per heavy atom. The van der Waals surface area contributed by atoms with E-state index in [0.717, 1.165) is 12.3 Å². The molecule has 19 heavy (non-hydrogen) atoms. The van der Waals surface area contributed by atoms with Crippen LogP contribution in [0.15, 0.2) is 0 Å². The van der Waals surface area contributed by atoms with Crippen LogP contribution in [0.3, 0.4) is 0 Å². The minimum absolute atomic E-state index is 0.373. The fourth-order valence-corrected chi connectivity index (χ4v) is 16.2. The summed E-state index contributed by atoms with van der Waals surface area (Å²) in [5, 5.41) is 0.746. The van der Waals surface area contributed by atoms with E-state index in [9.17, 15) is 0 Å². The number of hydrogen-bond acceptors (Lipinski definition) is 1. The molecule has 0 amide bonds. The summed E-state index contributed by atoms with van der Waals surface area (Å²) in [4.78, 5) is 0. The molecule has 0 saturated heterocycles. The van der Waals surface area contributed by atoms with Crippen molar-refractivity contribution in [2.75, 3.05) is 12.4 Å². The predicted octanol–water partition coefficient (Wildman–Crippen LogP) is 5.93. The molecule has 0 aromatic heterocycles. The van der Waals surface area contributed by atoms with Crippen LogP contribution in [0.25, 0.3) is 0 Å². The lowest BCUT2D eigenvalue weighted by Gasteiger charge is -2.60. The second kappa shape index (κ2) is 6.21. The van der Waals surface area contributed by atoms with Crippen molar-refractivity contribution in [3.63, 3.8) is 0 Å². The standard InChI is InChI=1S/C15H36ClNSi2/c1-14(2,3)19(10,15(4,5)6)17(13-11-12-16)18(7,8)9/h11-13H2,1-10H3. The summed E-state index contributed by atoms with van der Waals surface area (Å²) in [5.41, 5.74) is 0. The minimum Gasteiger partial charge on any atom is -0.345 e. The first kappa shape index (κ1) is 19.7. The van der Waals surface area contributed by atoms with E-state index in [1.165, 1.54) is 6.54 Å². The first-order chi connectivity index (χ1) is 8.19. The van der Waals surface area contributed by atoms with Gasteiger partial charge in [0.25, 0.3) is 0 Å². The quantitative estimate of drug-likeness (QED) is 0.448. The van der Waals surface area contributed by atoms with E-state index in [0.29, 0.717) is 10.1 Å². The lowest BCUT2D eigenvalue weighted by molar-refractivity contribution is 0.484. The molecule has 0 aromatic rings. The Labute approximate surface area is 129 Å². The molecule has 0 unspecified atom stereocenters. The topological polar surface area (TPSA) is 3.24 Å². The van der Waals surface area contributed by atoms with Crippen molar-refractivity contribution in [3.05, 3.63) is 0 Å². The molecule has 1 nitrogen and oxygen atoms in total. The largest absolute Gasteiger partial charge is 0.345 e. The van der Waals surface area contributed by atoms with Gasteiger partial charge >= 0.3 is 0 Å². The Balaban J connectivity index is 5.79. The Kier molecular flexibility index (Phi) is 6.43. The summed E-state index contributed by atoms with van der Waals surface area (Å²) in [6.07, 6.45) is 1.11. The third kappa shape index (κ3) is 4.32. The normalized spacial score (nSPS) is 15.2. The van der Waals surface area contributed by atoms with Gasteiger partial charge in [0.1, 0.15) is 16.5 Å². The molecule has 0 aliphatic rings. The molecule has 0 heterocycles. The van der Waals surface area contributed by atoms with Gasteiger partial charge in [-0.05, 0) is 23.0 Å². The molecule has 0 rings (SSSR count). The zero-order valence-corrected chi connectivity index (χ0v) is 17.7. The molecule has 0 spiro atoms. The maximum atomic E-state index is 5.98. The zero-order valence-electron chi connectivity index (χ0n) is 14.9. The third-order valence-electron chi connectivity index (χ3n) is 4.79. The molecule has 0 aliphatic carbocycles. The number of halogens is 1. The second-order valence-electron chi connectivity index (χ2n) is 8.94. The lowest BCUT2D eigenvalue weighted by atomic mass is 10.2. The molecular formula is C15H36ClNSi2. The van der Waals surface area contributed by atoms with Gasteiger partial charge in [0.05, 0.1) is 0 Å². The Morgan fingerprint density at radius 3 is 1.42 bits per heavy atom. The van der Waals surface area contributed by atoms with E-state index < -0.39 is 16.5 Å². The highest BCUT2D eigenvalue weighted by atomic mass is 35.5. The average molecular weight is 322 g/mol. The van der Waals surface area contributed by atoms with Crippen LogP contribution in [-0.4, -0.2) is 33.1 Å². The van der Waals surface area contributed by atoms with Gasteiger partial charge in [-0.1, -0.05) is 67.7 Å². The molecule has 0 aromatic carbocycles. The van der Waals surface area contributed by atoms with Crippen LogP contribution < -0.4 is 0 Å². The van der Waals surface area contributed by atoms with Crippen LogP contribution in [-0.2, 0) is 0 Å². The average Bonchev–Trinajstić information content (AvgIpc) is 2.12. The third-order valence-corrected chi connectivity index (χ3v) is 17.4. The van der Waals surface area contributed by atoms with E-state index in [4.69, 9.17) is 11.6 Å². The fraction of sp³-hybridized carbons (Fsp3) is 1.00. The molecule has 0 saturated carbocycles. The Morgan fingerprint density at radius 2 is 1.21 bits per heavy atom. The summed E-state index contributed by atoms with van der Waals surface area (Å²) in [6.45, 7) is 25.9. The van der Waals surface area contributed by atoms with Crippen molar-refractivity contribution in [3.8, 4) is 0 Å². The SMILES string of the molecule is CC(C)(C)[Si](C)(N(CCCCl)[Si](C)(C)C)C(C)(C)C. The molecular weight excluding hydrogens is 286 g/mol. The highest BCUT2D eigenvalue weighted by Crippen LogP contribution is 2.53. The van der Waals surface area contributed by atoms with Crippen molar-refractivity contribution < 1.29 is 0 Å². The van der Waals surface area contributed by atoms with Gasteiger partial charge in [0.2, 0.25) is 0 Å². The number of rotatable bonds is 5. The summed E-state index contributed by atoms with van der Waals surface area (Å²) in [6, 6.07) is 0. The van der Waals surface area contributed by atoms with Crippen molar-refractivity contribution in [1.82, 2.24) is 4.23 Å². The first-order valence-corrected chi connectivity index (χ1v) is 14.0. The van der Waals surface area contributed by atoms with Crippen molar-refractivity contribution in [1.29, 1.82) is 0 Å². The maximum absolute atomic E-state index is 5.98. The second-order valence-corrected chi connectivity index (χ2v) is 20.3. The van der Waals surface area contributed by atoms with Crippen LogP contribution in [0.2, 0.25) is 36.3 Å². The zero-order chi connectivity index (χ0) is 15.7. The van der Waals surface area contributed by atoms with Gasteiger partial charge in [-0.3, -0.25) is 0 Å². The number of nitrogens with zero attached hydrogens (tertiary/aromatic N) is 1. The molecule has 0 aliphatic heterocycles. The number of hydrogen-bond donors (Lipinski definition) is 0. The van der Waals surface area contributed by atoms with Crippen LogP contribution in [0.1, 0.15) is 48.0 Å². The summed E-state index contributed by atoms with van der Waals surface area (Å²) >= 11 is 5.98.